The molecule has 0 radical (unpaired) electrons. The predicted octanol–water partition coefficient (Wildman–Crippen LogP) is 4.56. The van der Waals surface area contributed by atoms with Crippen molar-refractivity contribution in [3.63, 3.8) is 0 Å². The molecule has 5 rings (SSSR count). The minimum absolute atomic E-state index is 0.0787. The van der Waals surface area contributed by atoms with Crippen LogP contribution in [0.2, 0.25) is 0 Å². The Labute approximate surface area is 223 Å². The van der Waals surface area contributed by atoms with E-state index in [0.717, 1.165) is 36.9 Å². The third-order valence-electron chi connectivity index (χ3n) is 7.93. The number of anilines is 1. The van der Waals surface area contributed by atoms with Crippen molar-refractivity contribution in [2.24, 2.45) is 11.7 Å². The van der Waals surface area contributed by atoms with Gasteiger partial charge in [-0.05, 0) is 62.6 Å². The largest absolute Gasteiger partial charge is 0.491 e. The summed E-state index contributed by atoms with van der Waals surface area (Å²) in [5, 5.41) is 0. The van der Waals surface area contributed by atoms with Crippen LogP contribution in [0.1, 0.15) is 79.2 Å². The maximum Gasteiger partial charge on any atom is 0.253 e. The molecule has 2 aromatic heterocycles. The van der Waals surface area contributed by atoms with Gasteiger partial charge in [-0.25, -0.2) is 9.97 Å². The van der Waals surface area contributed by atoms with Crippen LogP contribution < -0.4 is 15.4 Å². The van der Waals surface area contributed by atoms with Crippen molar-refractivity contribution in [3.05, 3.63) is 47.0 Å². The van der Waals surface area contributed by atoms with Crippen molar-refractivity contribution in [2.45, 2.75) is 70.8 Å². The Morgan fingerprint density at radius 1 is 1.18 bits per heavy atom. The van der Waals surface area contributed by atoms with Crippen molar-refractivity contribution in [1.82, 2.24) is 15.0 Å². The van der Waals surface area contributed by atoms with Gasteiger partial charge in [0.15, 0.2) is 0 Å². The quantitative estimate of drug-likeness (QED) is 0.405. The fourth-order valence-electron chi connectivity index (χ4n) is 5.84. The van der Waals surface area contributed by atoms with E-state index in [1.807, 2.05) is 17.9 Å². The SMILES string of the molecule is CCc1ccc(OCC2CC2)c(N(C(=O)COC)C2(c3ncnc4c(C(N)=O)c(C)[nH]c34)CCCCC2)c1. The summed E-state index contributed by atoms with van der Waals surface area (Å²) in [6.07, 6.45) is 8.97. The molecule has 3 N–H and O–H groups in total. The number of aromatic nitrogens is 3. The van der Waals surface area contributed by atoms with Gasteiger partial charge in [0.05, 0.1) is 34.6 Å². The van der Waals surface area contributed by atoms with E-state index in [9.17, 15) is 9.59 Å². The Hall–Kier alpha value is -3.46. The van der Waals surface area contributed by atoms with Gasteiger partial charge in [0, 0.05) is 12.8 Å². The number of hydrogen-bond acceptors (Lipinski definition) is 6. The number of nitrogens with two attached hydrogens (primary N) is 1. The summed E-state index contributed by atoms with van der Waals surface area (Å²) < 4.78 is 11.7. The zero-order valence-electron chi connectivity index (χ0n) is 22.5. The lowest BCUT2D eigenvalue weighted by Gasteiger charge is -2.46. The fraction of sp³-hybridized carbons (Fsp3) is 0.517. The first-order valence-corrected chi connectivity index (χ1v) is 13.6. The summed E-state index contributed by atoms with van der Waals surface area (Å²) in [7, 11) is 1.53. The number of aromatic amines is 1. The lowest BCUT2D eigenvalue weighted by atomic mass is 9.76. The van der Waals surface area contributed by atoms with Crippen LogP contribution in [0.5, 0.6) is 5.75 Å². The number of aryl methyl sites for hydroxylation is 2. The van der Waals surface area contributed by atoms with E-state index in [0.29, 0.717) is 59.1 Å². The van der Waals surface area contributed by atoms with E-state index in [1.165, 1.54) is 26.3 Å². The van der Waals surface area contributed by atoms with E-state index >= 15 is 0 Å². The lowest BCUT2D eigenvalue weighted by molar-refractivity contribution is -0.124. The van der Waals surface area contributed by atoms with Gasteiger partial charge in [0.2, 0.25) is 0 Å². The predicted molar refractivity (Wildman–Crippen MR) is 145 cm³/mol. The number of carbonyl (C=O) groups is 2. The van der Waals surface area contributed by atoms with Crippen LogP contribution in [0.4, 0.5) is 5.69 Å². The zero-order valence-corrected chi connectivity index (χ0v) is 22.5. The smallest absolute Gasteiger partial charge is 0.253 e. The van der Waals surface area contributed by atoms with Gasteiger partial charge in [-0.3, -0.25) is 14.5 Å². The zero-order chi connectivity index (χ0) is 26.9. The molecule has 0 bridgehead atoms. The molecule has 2 fully saturated rings. The maximum absolute atomic E-state index is 14.1. The van der Waals surface area contributed by atoms with Crippen LogP contribution in [0.3, 0.4) is 0 Å². The third kappa shape index (κ3) is 4.75. The monoisotopic (exact) mass is 519 g/mol. The number of benzene rings is 1. The summed E-state index contributed by atoms with van der Waals surface area (Å²) >= 11 is 0. The van der Waals surface area contributed by atoms with E-state index in [2.05, 4.69) is 29.0 Å². The van der Waals surface area contributed by atoms with Crippen molar-refractivity contribution in [1.29, 1.82) is 0 Å². The van der Waals surface area contributed by atoms with Gasteiger partial charge < -0.3 is 20.2 Å². The third-order valence-corrected chi connectivity index (χ3v) is 7.93. The average Bonchev–Trinajstić information content (AvgIpc) is 3.67. The normalized spacial score (nSPS) is 16.9. The number of nitrogens with one attached hydrogen (secondary N) is 1. The second-order valence-corrected chi connectivity index (χ2v) is 10.6. The number of carbonyl (C=O) groups excluding carboxylic acids is 2. The average molecular weight is 520 g/mol. The molecule has 2 saturated carbocycles. The Morgan fingerprint density at radius 3 is 2.61 bits per heavy atom. The van der Waals surface area contributed by atoms with Crippen LogP contribution >= 0.6 is 0 Å². The molecule has 3 aromatic rings. The molecule has 0 atom stereocenters. The molecule has 0 unspecified atom stereocenters. The van der Waals surface area contributed by atoms with E-state index in [-0.39, 0.29) is 12.5 Å². The summed E-state index contributed by atoms with van der Waals surface area (Å²) in [6.45, 7) is 4.46. The maximum atomic E-state index is 14.1. The van der Waals surface area contributed by atoms with Gasteiger partial charge in [-0.2, -0.15) is 0 Å². The second-order valence-electron chi connectivity index (χ2n) is 10.6. The van der Waals surface area contributed by atoms with Crippen LogP contribution in [-0.2, 0) is 21.5 Å². The lowest BCUT2D eigenvalue weighted by Crippen LogP contribution is -2.53. The highest BCUT2D eigenvalue weighted by Gasteiger charge is 2.47. The minimum atomic E-state index is -0.786. The van der Waals surface area contributed by atoms with Crippen molar-refractivity contribution < 1.29 is 19.1 Å². The highest BCUT2D eigenvalue weighted by Crippen LogP contribution is 2.48. The Balaban J connectivity index is 1.75. The van der Waals surface area contributed by atoms with Crippen LogP contribution in [-0.4, -0.2) is 47.1 Å². The number of nitrogens with zero attached hydrogens (tertiary/aromatic N) is 3. The number of amides is 2. The Morgan fingerprint density at radius 2 is 1.95 bits per heavy atom. The van der Waals surface area contributed by atoms with E-state index in [1.54, 1.807) is 0 Å². The number of fused-ring (bicyclic) bond motifs is 1. The number of primary amides is 1. The molecule has 2 heterocycles. The molecule has 2 amide bonds. The van der Waals surface area contributed by atoms with Crippen molar-refractivity contribution in [2.75, 3.05) is 25.2 Å². The topological polar surface area (TPSA) is 123 Å². The molecule has 38 heavy (non-hydrogen) atoms. The van der Waals surface area contributed by atoms with Gasteiger partial charge in [-0.15, -0.1) is 0 Å². The first-order valence-electron chi connectivity index (χ1n) is 13.6. The summed E-state index contributed by atoms with van der Waals surface area (Å²) in [5.41, 5.74) is 9.59. The Bertz CT molecular complexity index is 1340. The van der Waals surface area contributed by atoms with E-state index < -0.39 is 11.4 Å². The highest BCUT2D eigenvalue weighted by molar-refractivity contribution is 6.07. The number of methoxy groups -OCH3 is 1. The van der Waals surface area contributed by atoms with Gasteiger partial charge in [0.25, 0.3) is 11.8 Å². The molecule has 1 aromatic carbocycles. The molecule has 0 aliphatic heterocycles. The van der Waals surface area contributed by atoms with Gasteiger partial charge in [-0.1, -0.05) is 32.3 Å². The second kappa shape index (κ2) is 10.7. The van der Waals surface area contributed by atoms with Gasteiger partial charge in [0.1, 0.15) is 24.2 Å². The summed E-state index contributed by atoms with van der Waals surface area (Å²) in [4.78, 5) is 40.8. The standard InChI is InChI=1S/C29H37N5O4/c1-4-19-10-11-22(38-15-20-8-9-20)21(14-19)34(23(35)16-37-3)29(12-6-5-7-13-29)27-26-25(31-17-32-27)24(28(30)36)18(2)33-26/h10-11,14,17,20,33H,4-9,12-13,15-16H2,1-3H3,(H2,30,36). The summed E-state index contributed by atoms with van der Waals surface area (Å²) in [6, 6.07) is 6.12. The van der Waals surface area contributed by atoms with Crippen LogP contribution in [0, 0.1) is 12.8 Å². The molecule has 2 aliphatic carbocycles. The first-order chi connectivity index (χ1) is 18.4. The van der Waals surface area contributed by atoms with Crippen LogP contribution in [0.15, 0.2) is 24.5 Å². The molecule has 0 spiro atoms. The first kappa shape index (κ1) is 26.2. The number of rotatable bonds is 10. The number of hydrogen-bond donors (Lipinski definition) is 2. The van der Waals surface area contributed by atoms with Gasteiger partial charge >= 0.3 is 0 Å². The van der Waals surface area contributed by atoms with Crippen molar-refractivity contribution in [3.8, 4) is 5.75 Å². The molecule has 0 saturated heterocycles. The molecular weight excluding hydrogens is 482 g/mol. The van der Waals surface area contributed by atoms with Crippen molar-refractivity contribution >= 4 is 28.5 Å². The number of H-pyrrole nitrogens is 1. The number of ether oxygens (including phenoxy) is 2. The molecule has 9 heteroatoms. The molecule has 9 nitrogen and oxygen atoms in total. The van der Waals surface area contributed by atoms with Crippen LogP contribution in [0.25, 0.3) is 11.0 Å². The Kier molecular flexibility index (Phi) is 7.38. The molecule has 202 valence electrons. The molecular formula is C29H37N5O4. The summed E-state index contributed by atoms with van der Waals surface area (Å²) in [5.74, 6) is 0.546. The van der Waals surface area contributed by atoms with E-state index in [4.69, 9.17) is 20.2 Å². The minimum Gasteiger partial charge on any atom is -0.491 e. The highest BCUT2D eigenvalue weighted by atomic mass is 16.5. The fourth-order valence-corrected chi connectivity index (χ4v) is 5.84. The molecule has 2 aliphatic rings.